The van der Waals surface area contributed by atoms with Crippen molar-refractivity contribution < 1.29 is 4.74 Å². The molecule has 1 aromatic rings. The lowest BCUT2D eigenvalue weighted by atomic mass is 10.1. The third kappa shape index (κ3) is 3.13. The number of likely N-dealkylation sites (N-methyl/N-ethyl adjacent to an activating group) is 1. The monoisotopic (exact) mass is 265 g/mol. The van der Waals surface area contributed by atoms with Crippen LogP contribution in [0.4, 0.5) is 11.6 Å². The van der Waals surface area contributed by atoms with Crippen molar-refractivity contribution in [2.45, 2.75) is 32.5 Å². The number of methoxy groups -OCH3 is 1. The summed E-state index contributed by atoms with van der Waals surface area (Å²) in [6.45, 7) is 6.73. The number of nitrogens with two attached hydrogens (primary N) is 1. The van der Waals surface area contributed by atoms with Crippen LogP contribution in [-0.2, 0) is 11.3 Å². The lowest BCUT2D eigenvalue weighted by molar-refractivity contribution is 0.168. The van der Waals surface area contributed by atoms with Crippen LogP contribution in [0, 0.1) is 0 Å². The molecule has 2 atom stereocenters. The van der Waals surface area contributed by atoms with Gasteiger partial charge in [-0.3, -0.25) is 4.90 Å². The van der Waals surface area contributed by atoms with Crippen LogP contribution in [-0.4, -0.2) is 54.2 Å². The van der Waals surface area contributed by atoms with Crippen molar-refractivity contribution in [2.24, 2.45) is 0 Å². The molecule has 6 nitrogen and oxygen atoms in total. The van der Waals surface area contributed by atoms with Gasteiger partial charge in [0.2, 0.25) is 0 Å². The quantitative estimate of drug-likeness (QED) is 0.869. The van der Waals surface area contributed by atoms with Gasteiger partial charge >= 0.3 is 0 Å². The van der Waals surface area contributed by atoms with E-state index in [0.29, 0.717) is 30.3 Å². The maximum atomic E-state index is 5.85. The fourth-order valence-corrected chi connectivity index (χ4v) is 2.45. The highest BCUT2D eigenvalue weighted by atomic mass is 16.5. The standard InChI is InChI=1S/C13H23N5O/c1-9-6-18(7-10(2)17(9)3)13-5-11(14)15-12(16-13)8-19-4/h5,9-10H,6-8H2,1-4H3,(H2,14,15,16). The Labute approximate surface area is 114 Å². The van der Waals surface area contributed by atoms with Gasteiger partial charge in [0.15, 0.2) is 5.82 Å². The molecule has 106 valence electrons. The summed E-state index contributed by atoms with van der Waals surface area (Å²) >= 11 is 0. The van der Waals surface area contributed by atoms with Crippen molar-refractivity contribution in [1.82, 2.24) is 14.9 Å². The molecule has 0 amide bonds. The van der Waals surface area contributed by atoms with Gasteiger partial charge in [0.1, 0.15) is 18.2 Å². The molecule has 2 heterocycles. The van der Waals surface area contributed by atoms with Gasteiger partial charge in [-0.1, -0.05) is 0 Å². The van der Waals surface area contributed by atoms with Gasteiger partial charge in [-0.15, -0.1) is 0 Å². The number of piperazine rings is 1. The van der Waals surface area contributed by atoms with Crippen LogP contribution in [0.25, 0.3) is 0 Å². The van der Waals surface area contributed by atoms with E-state index in [9.17, 15) is 0 Å². The predicted molar refractivity (Wildman–Crippen MR) is 76.1 cm³/mol. The second-order valence-electron chi connectivity index (χ2n) is 5.27. The van der Waals surface area contributed by atoms with Gasteiger partial charge in [-0.2, -0.15) is 0 Å². The van der Waals surface area contributed by atoms with E-state index in [4.69, 9.17) is 10.5 Å². The Kier molecular flexibility index (Phi) is 4.21. The molecule has 0 aliphatic carbocycles. The molecule has 0 saturated carbocycles. The van der Waals surface area contributed by atoms with Gasteiger partial charge in [0.05, 0.1) is 0 Å². The Hall–Kier alpha value is -1.40. The van der Waals surface area contributed by atoms with Crippen molar-refractivity contribution in [2.75, 3.05) is 37.9 Å². The first kappa shape index (κ1) is 14.0. The normalized spacial score (nSPS) is 24.7. The van der Waals surface area contributed by atoms with Gasteiger partial charge in [0.25, 0.3) is 0 Å². The first-order chi connectivity index (χ1) is 9.01. The van der Waals surface area contributed by atoms with Crippen molar-refractivity contribution in [3.05, 3.63) is 11.9 Å². The van der Waals surface area contributed by atoms with Crippen LogP contribution in [0.2, 0.25) is 0 Å². The van der Waals surface area contributed by atoms with Crippen LogP contribution >= 0.6 is 0 Å². The van der Waals surface area contributed by atoms with Crippen LogP contribution in [0.5, 0.6) is 0 Å². The number of ether oxygens (including phenoxy) is 1. The molecule has 0 aromatic carbocycles. The number of nitrogen functional groups attached to an aromatic ring is 1. The fraction of sp³-hybridized carbons (Fsp3) is 0.692. The average molecular weight is 265 g/mol. The largest absolute Gasteiger partial charge is 0.384 e. The second kappa shape index (κ2) is 5.71. The summed E-state index contributed by atoms with van der Waals surface area (Å²) in [6.07, 6.45) is 0. The van der Waals surface area contributed by atoms with Gasteiger partial charge in [0, 0.05) is 38.3 Å². The SMILES string of the molecule is COCc1nc(N)cc(N2CC(C)N(C)C(C)C2)n1. The Morgan fingerprint density at radius 3 is 2.53 bits per heavy atom. The third-order valence-corrected chi connectivity index (χ3v) is 3.74. The van der Waals surface area contributed by atoms with E-state index in [1.807, 2.05) is 6.07 Å². The highest BCUT2D eigenvalue weighted by molar-refractivity contribution is 5.47. The van der Waals surface area contributed by atoms with Crippen LogP contribution in [0.1, 0.15) is 19.7 Å². The lowest BCUT2D eigenvalue weighted by Gasteiger charge is -2.43. The molecule has 0 bridgehead atoms. The Morgan fingerprint density at radius 2 is 1.95 bits per heavy atom. The van der Waals surface area contributed by atoms with Crippen molar-refractivity contribution in [3.63, 3.8) is 0 Å². The predicted octanol–water partition coefficient (Wildman–Crippen LogP) is 0.734. The van der Waals surface area contributed by atoms with Crippen molar-refractivity contribution in [1.29, 1.82) is 0 Å². The van der Waals surface area contributed by atoms with E-state index in [2.05, 4.69) is 40.7 Å². The van der Waals surface area contributed by atoms with E-state index >= 15 is 0 Å². The third-order valence-electron chi connectivity index (χ3n) is 3.74. The molecule has 6 heteroatoms. The molecular weight excluding hydrogens is 242 g/mol. The zero-order chi connectivity index (χ0) is 14.0. The molecule has 2 rings (SSSR count). The molecule has 1 aliphatic rings. The number of aromatic nitrogens is 2. The molecule has 0 radical (unpaired) electrons. The summed E-state index contributed by atoms with van der Waals surface area (Å²) in [4.78, 5) is 13.4. The van der Waals surface area contributed by atoms with E-state index in [-0.39, 0.29) is 0 Å². The van der Waals surface area contributed by atoms with E-state index in [0.717, 1.165) is 18.9 Å². The minimum atomic E-state index is 0.386. The minimum Gasteiger partial charge on any atom is -0.384 e. The smallest absolute Gasteiger partial charge is 0.158 e. The van der Waals surface area contributed by atoms with Crippen molar-refractivity contribution >= 4 is 11.6 Å². The summed E-state index contributed by atoms with van der Waals surface area (Å²) < 4.78 is 5.08. The summed E-state index contributed by atoms with van der Waals surface area (Å²) in [7, 11) is 3.80. The first-order valence-corrected chi connectivity index (χ1v) is 6.60. The zero-order valence-corrected chi connectivity index (χ0v) is 12.1. The summed E-state index contributed by atoms with van der Waals surface area (Å²) in [5.74, 6) is 2.03. The lowest BCUT2D eigenvalue weighted by Crippen LogP contribution is -2.55. The summed E-state index contributed by atoms with van der Waals surface area (Å²) in [5, 5.41) is 0. The van der Waals surface area contributed by atoms with E-state index < -0.39 is 0 Å². The van der Waals surface area contributed by atoms with Crippen LogP contribution in [0.15, 0.2) is 6.07 Å². The highest BCUT2D eigenvalue weighted by Gasteiger charge is 2.27. The van der Waals surface area contributed by atoms with Gasteiger partial charge < -0.3 is 15.4 Å². The molecule has 0 spiro atoms. The molecular formula is C13H23N5O. The molecule has 1 aliphatic heterocycles. The zero-order valence-electron chi connectivity index (χ0n) is 12.1. The number of nitrogens with zero attached hydrogens (tertiary/aromatic N) is 4. The molecule has 2 N–H and O–H groups in total. The number of rotatable bonds is 3. The Morgan fingerprint density at radius 1 is 1.32 bits per heavy atom. The molecule has 1 fully saturated rings. The van der Waals surface area contributed by atoms with Crippen LogP contribution < -0.4 is 10.6 Å². The fourth-order valence-electron chi connectivity index (χ4n) is 2.45. The topological polar surface area (TPSA) is 67.5 Å². The summed E-state index contributed by atoms with van der Waals surface area (Å²) in [5.41, 5.74) is 5.85. The Bertz CT molecular complexity index is 427. The Balaban J connectivity index is 2.21. The number of hydrogen-bond donors (Lipinski definition) is 1. The maximum absolute atomic E-state index is 5.85. The second-order valence-corrected chi connectivity index (χ2v) is 5.27. The van der Waals surface area contributed by atoms with Gasteiger partial charge in [-0.25, -0.2) is 9.97 Å². The van der Waals surface area contributed by atoms with Crippen LogP contribution in [0.3, 0.4) is 0 Å². The minimum absolute atomic E-state index is 0.386. The highest BCUT2D eigenvalue weighted by Crippen LogP contribution is 2.21. The summed E-state index contributed by atoms with van der Waals surface area (Å²) in [6, 6.07) is 2.82. The molecule has 1 aromatic heterocycles. The number of anilines is 2. The molecule has 2 unspecified atom stereocenters. The van der Waals surface area contributed by atoms with Crippen molar-refractivity contribution in [3.8, 4) is 0 Å². The van der Waals surface area contributed by atoms with Gasteiger partial charge in [-0.05, 0) is 20.9 Å². The first-order valence-electron chi connectivity index (χ1n) is 6.60. The average Bonchev–Trinajstić information content (AvgIpc) is 2.35. The molecule has 19 heavy (non-hydrogen) atoms. The van der Waals surface area contributed by atoms with E-state index in [1.54, 1.807) is 7.11 Å². The number of hydrogen-bond acceptors (Lipinski definition) is 6. The molecule has 1 saturated heterocycles. The van der Waals surface area contributed by atoms with E-state index in [1.165, 1.54) is 0 Å². The maximum Gasteiger partial charge on any atom is 0.158 e.